The van der Waals surface area contributed by atoms with Crippen molar-refractivity contribution in [3.8, 4) is 6.07 Å². The number of thiophene rings is 1. The zero-order valence-corrected chi connectivity index (χ0v) is 16.1. The zero-order valence-electron chi connectivity index (χ0n) is 15.3. The molecule has 0 unspecified atom stereocenters. The molecular weight excluding hydrogens is 330 g/mol. The summed E-state index contributed by atoms with van der Waals surface area (Å²) < 4.78 is 0. The molecule has 25 heavy (non-hydrogen) atoms. The summed E-state index contributed by atoms with van der Waals surface area (Å²) in [6.07, 6.45) is 13.2. The molecule has 3 rings (SSSR count). The van der Waals surface area contributed by atoms with E-state index in [9.17, 15) is 10.1 Å². The van der Waals surface area contributed by atoms with Gasteiger partial charge in [-0.05, 0) is 51.1 Å². The third kappa shape index (κ3) is 4.62. The van der Waals surface area contributed by atoms with Gasteiger partial charge in [0.2, 0.25) is 5.91 Å². The van der Waals surface area contributed by atoms with E-state index in [0.29, 0.717) is 18.2 Å². The van der Waals surface area contributed by atoms with E-state index in [0.717, 1.165) is 24.3 Å². The van der Waals surface area contributed by atoms with Gasteiger partial charge in [0, 0.05) is 10.9 Å². The Kier molecular flexibility index (Phi) is 6.50. The second kappa shape index (κ2) is 8.82. The molecular formula is C20H29N3OS. The van der Waals surface area contributed by atoms with E-state index < -0.39 is 0 Å². The predicted molar refractivity (Wildman–Crippen MR) is 103 cm³/mol. The molecule has 5 heteroatoms. The first-order valence-electron chi connectivity index (χ1n) is 9.73. The van der Waals surface area contributed by atoms with E-state index >= 15 is 0 Å². The van der Waals surface area contributed by atoms with Crippen molar-refractivity contribution in [2.75, 3.05) is 18.9 Å². The fraction of sp³-hybridized carbons (Fsp3) is 0.700. The summed E-state index contributed by atoms with van der Waals surface area (Å²) >= 11 is 1.62. The molecule has 1 aromatic rings. The van der Waals surface area contributed by atoms with Gasteiger partial charge in [0.15, 0.2) is 0 Å². The number of nitriles is 1. The molecule has 4 nitrogen and oxygen atoms in total. The van der Waals surface area contributed by atoms with Crippen molar-refractivity contribution in [3.05, 3.63) is 16.0 Å². The number of nitrogens with zero attached hydrogens (tertiary/aromatic N) is 2. The number of anilines is 1. The first-order valence-corrected chi connectivity index (χ1v) is 10.6. The van der Waals surface area contributed by atoms with Crippen LogP contribution in [0.2, 0.25) is 0 Å². The number of aryl methyl sites for hydroxylation is 1. The summed E-state index contributed by atoms with van der Waals surface area (Å²) in [5.41, 5.74) is 1.91. The highest BCUT2D eigenvalue weighted by Gasteiger charge is 2.23. The summed E-state index contributed by atoms with van der Waals surface area (Å²) in [6, 6.07) is 2.86. The first-order chi connectivity index (χ1) is 12.2. The lowest BCUT2D eigenvalue weighted by atomic mass is 10.1. The van der Waals surface area contributed by atoms with Gasteiger partial charge >= 0.3 is 0 Å². The van der Waals surface area contributed by atoms with Gasteiger partial charge in [-0.2, -0.15) is 5.26 Å². The average Bonchev–Trinajstić information content (AvgIpc) is 2.84. The number of hydrogen-bond acceptors (Lipinski definition) is 4. The minimum absolute atomic E-state index is 0.0136. The lowest BCUT2D eigenvalue weighted by Crippen LogP contribution is -2.37. The van der Waals surface area contributed by atoms with Gasteiger partial charge in [-0.1, -0.05) is 32.1 Å². The van der Waals surface area contributed by atoms with Crippen LogP contribution in [-0.4, -0.2) is 30.4 Å². The van der Waals surface area contributed by atoms with Crippen LogP contribution in [-0.2, 0) is 17.6 Å². The average molecular weight is 360 g/mol. The number of nitrogens with one attached hydrogen (secondary N) is 1. The van der Waals surface area contributed by atoms with E-state index in [-0.39, 0.29) is 5.91 Å². The van der Waals surface area contributed by atoms with Crippen LogP contribution in [0, 0.1) is 11.3 Å². The summed E-state index contributed by atoms with van der Waals surface area (Å²) in [4.78, 5) is 16.1. The van der Waals surface area contributed by atoms with Gasteiger partial charge < -0.3 is 5.32 Å². The highest BCUT2D eigenvalue weighted by molar-refractivity contribution is 7.16. The Balaban J connectivity index is 1.63. The SMILES string of the molecule is CN(CC(=O)Nc1sc2c(c1C#N)CCCCC2)C1CCCCCC1. The number of amides is 1. The fourth-order valence-corrected chi connectivity index (χ4v) is 5.43. The third-order valence-corrected chi connectivity index (χ3v) is 6.83. The molecule has 0 aliphatic heterocycles. The molecule has 0 atom stereocenters. The Bertz CT molecular complexity index is 638. The van der Waals surface area contributed by atoms with Crippen molar-refractivity contribution in [3.63, 3.8) is 0 Å². The number of rotatable bonds is 4. The van der Waals surface area contributed by atoms with Gasteiger partial charge in [-0.25, -0.2) is 0 Å². The second-order valence-electron chi connectivity index (χ2n) is 7.49. The maximum atomic E-state index is 12.5. The molecule has 1 saturated carbocycles. The standard InChI is InChI=1S/C20H29N3OS/c1-23(15-9-5-2-3-6-10-15)14-19(24)22-20-17(13-21)16-11-7-4-8-12-18(16)25-20/h15H,2-12,14H2,1H3,(H,22,24). The Labute approximate surface area is 155 Å². The van der Waals surface area contributed by atoms with Crippen molar-refractivity contribution in [2.45, 2.75) is 76.7 Å². The molecule has 0 aromatic carbocycles. The summed E-state index contributed by atoms with van der Waals surface area (Å²) in [6.45, 7) is 0.415. The van der Waals surface area contributed by atoms with Crippen molar-refractivity contribution in [1.29, 1.82) is 5.26 Å². The quantitative estimate of drug-likeness (QED) is 0.637. The Morgan fingerprint density at radius 2 is 1.84 bits per heavy atom. The van der Waals surface area contributed by atoms with E-state index in [1.165, 1.54) is 61.8 Å². The number of likely N-dealkylation sites (N-methyl/N-ethyl adjacent to an activating group) is 1. The summed E-state index contributed by atoms with van der Waals surface area (Å²) in [5, 5.41) is 13.4. The molecule has 2 aliphatic rings. The first kappa shape index (κ1) is 18.4. The lowest BCUT2D eigenvalue weighted by Gasteiger charge is -2.26. The van der Waals surface area contributed by atoms with Crippen LogP contribution in [0.3, 0.4) is 0 Å². The number of fused-ring (bicyclic) bond motifs is 1. The van der Waals surface area contributed by atoms with Crippen LogP contribution >= 0.6 is 11.3 Å². The molecule has 1 N–H and O–H groups in total. The third-order valence-electron chi connectivity index (χ3n) is 5.63. The normalized spacial score (nSPS) is 18.9. The highest BCUT2D eigenvalue weighted by atomic mass is 32.1. The summed E-state index contributed by atoms with van der Waals surface area (Å²) in [5.74, 6) is 0.0136. The number of hydrogen-bond donors (Lipinski definition) is 1. The van der Waals surface area contributed by atoms with Crippen LogP contribution < -0.4 is 5.32 Å². The van der Waals surface area contributed by atoms with Crippen molar-refractivity contribution in [2.24, 2.45) is 0 Å². The molecule has 0 spiro atoms. The maximum absolute atomic E-state index is 12.5. The monoisotopic (exact) mass is 359 g/mol. The zero-order chi connectivity index (χ0) is 17.6. The molecule has 0 saturated heterocycles. The maximum Gasteiger partial charge on any atom is 0.239 e. The smallest absolute Gasteiger partial charge is 0.239 e. The van der Waals surface area contributed by atoms with Crippen LogP contribution in [0.15, 0.2) is 0 Å². The van der Waals surface area contributed by atoms with Crippen molar-refractivity contribution >= 4 is 22.2 Å². The largest absolute Gasteiger partial charge is 0.315 e. The fourth-order valence-electron chi connectivity index (χ4n) is 4.17. The van der Waals surface area contributed by atoms with E-state index in [2.05, 4.69) is 23.3 Å². The Morgan fingerprint density at radius 3 is 2.56 bits per heavy atom. The van der Waals surface area contributed by atoms with E-state index in [1.807, 2.05) is 0 Å². The van der Waals surface area contributed by atoms with Gasteiger partial charge in [0.25, 0.3) is 0 Å². The molecule has 136 valence electrons. The van der Waals surface area contributed by atoms with Crippen LogP contribution in [0.5, 0.6) is 0 Å². The predicted octanol–water partition coefficient (Wildman–Crippen LogP) is 4.48. The number of carbonyl (C=O) groups is 1. The van der Waals surface area contributed by atoms with Crippen LogP contribution in [0.25, 0.3) is 0 Å². The van der Waals surface area contributed by atoms with Crippen LogP contribution in [0.1, 0.15) is 73.8 Å². The van der Waals surface area contributed by atoms with Gasteiger partial charge in [-0.3, -0.25) is 9.69 Å². The minimum atomic E-state index is 0.0136. The second-order valence-corrected chi connectivity index (χ2v) is 8.59. The highest BCUT2D eigenvalue weighted by Crippen LogP contribution is 2.37. The molecule has 1 aromatic heterocycles. The lowest BCUT2D eigenvalue weighted by molar-refractivity contribution is -0.117. The van der Waals surface area contributed by atoms with Crippen molar-refractivity contribution < 1.29 is 4.79 Å². The molecule has 1 amide bonds. The minimum Gasteiger partial charge on any atom is -0.315 e. The topological polar surface area (TPSA) is 56.1 Å². The van der Waals surface area contributed by atoms with Gasteiger partial charge in [0.05, 0.1) is 12.1 Å². The molecule has 1 heterocycles. The molecule has 1 fully saturated rings. The Hall–Kier alpha value is -1.38. The molecule has 0 radical (unpaired) electrons. The van der Waals surface area contributed by atoms with Crippen LogP contribution in [0.4, 0.5) is 5.00 Å². The van der Waals surface area contributed by atoms with Crippen molar-refractivity contribution in [1.82, 2.24) is 4.90 Å². The molecule has 2 aliphatic carbocycles. The summed E-state index contributed by atoms with van der Waals surface area (Å²) in [7, 11) is 2.06. The molecule has 0 bridgehead atoms. The van der Waals surface area contributed by atoms with Gasteiger partial charge in [-0.15, -0.1) is 11.3 Å². The van der Waals surface area contributed by atoms with E-state index in [1.54, 1.807) is 11.3 Å². The van der Waals surface area contributed by atoms with E-state index in [4.69, 9.17) is 0 Å². The van der Waals surface area contributed by atoms with Gasteiger partial charge in [0.1, 0.15) is 11.1 Å². The number of carbonyl (C=O) groups excluding carboxylic acids is 1. The Morgan fingerprint density at radius 1 is 1.16 bits per heavy atom.